The van der Waals surface area contributed by atoms with Gasteiger partial charge in [-0.25, -0.2) is 4.79 Å². The lowest BCUT2D eigenvalue weighted by atomic mass is 9.80. The van der Waals surface area contributed by atoms with Gasteiger partial charge in [-0.1, -0.05) is 42.7 Å². The van der Waals surface area contributed by atoms with Crippen molar-refractivity contribution in [2.45, 2.75) is 97.9 Å². The van der Waals surface area contributed by atoms with Crippen LogP contribution >= 0.6 is 0 Å². The SMILES string of the molecule is Cc1ccc(-c2c(C)c3c(c(C)c2[C@H](OC(C)(C)C)C(=O)O)CCN(C2CCCC2)C3)cc1. The summed E-state index contributed by atoms with van der Waals surface area (Å²) >= 11 is 0. The lowest BCUT2D eigenvalue weighted by Crippen LogP contribution is -2.39. The summed E-state index contributed by atoms with van der Waals surface area (Å²) in [6, 6.07) is 9.16. The molecule has 0 radical (unpaired) electrons. The van der Waals surface area contributed by atoms with Gasteiger partial charge >= 0.3 is 5.97 Å². The number of aliphatic carboxylic acids is 1. The van der Waals surface area contributed by atoms with Crippen molar-refractivity contribution in [3.63, 3.8) is 0 Å². The maximum Gasteiger partial charge on any atom is 0.337 e. The van der Waals surface area contributed by atoms with Crippen LogP contribution in [-0.2, 0) is 22.5 Å². The molecule has 0 bridgehead atoms. The Morgan fingerprint density at radius 3 is 2.24 bits per heavy atom. The summed E-state index contributed by atoms with van der Waals surface area (Å²) in [7, 11) is 0. The molecule has 33 heavy (non-hydrogen) atoms. The van der Waals surface area contributed by atoms with Gasteiger partial charge in [0.2, 0.25) is 0 Å². The number of ether oxygens (including phenoxy) is 1. The molecule has 2 aliphatic rings. The molecule has 4 heteroatoms. The third-order valence-corrected chi connectivity index (χ3v) is 7.47. The predicted molar refractivity (Wildman–Crippen MR) is 134 cm³/mol. The highest BCUT2D eigenvalue weighted by atomic mass is 16.5. The number of aryl methyl sites for hydroxylation is 1. The summed E-state index contributed by atoms with van der Waals surface area (Å²) < 4.78 is 6.19. The van der Waals surface area contributed by atoms with Gasteiger partial charge in [-0.3, -0.25) is 4.90 Å². The van der Waals surface area contributed by atoms with Crippen molar-refractivity contribution in [3.8, 4) is 11.1 Å². The number of carboxylic acid groups (broad SMARTS) is 1. The monoisotopic (exact) mass is 449 g/mol. The third-order valence-electron chi connectivity index (χ3n) is 7.47. The Hall–Kier alpha value is -2.17. The summed E-state index contributed by atoms with van der Waals surface area (Å²) in [6.07, 6.45) is 5.25. The van der Waals surface area contributed by atoms with Gasteiger partial charge in [0.15, 0.2) is 6.10 Å². The second kappa shape index (κ2) is 9.23. The summed E-state index contributed by atoms with van der Waals surface area (Å²) in [5, 5.41) is 10.3. The molecule has 1 N–H and O–H groups in total. The summed E-state index contributed by atoms with van der Waals surface area (Å²) in [4.78, 5) is 15.2. The molecular weight excluding hydrogens is 410 g/mol. The van der Waals surface area contributed by atoms with Crippen LogP contribution in [0.5, 0.6) is 0 Å². The van der Waals surface area contributed by atoms with Crippen LogP contribution in [0.3, 0.4) is 0 Å². The van der Waals surface area contributed by atoms with Crippen LogP contribution in [0, 0.1) is 20.8 Å². The molecule has 1 saturated carbocycles. The summed E-state index contributed by atoms with van der Waals surface area (Å²) in [5.74, 6) is -0.927. The zero-order chi connectivity index (χ0) is 23.9. The minimum absolute atomic E-state index is 0.566. The molecule has 4 rings (SSSR count). The predicted octanol–water partition coefficient (Wildman–Crippen LogP) is 6.52. The van der Waals surface area contributed by atoms with Crippen molar-refractivity contribution in [2.24, 2.45) is 0 Å². The maximum atomic E-state index is 12.5. The molecule has 1 aliphatic carbocycles. The molecule has 0 amide bonds. The van der Waals surface area contributed by atoms with Crippen LogP contribution in [0.4, 0.5) is 0 Å². The first-order chi connectivity index (χ1) is 15.6. The highest BCUT2D eigenvalue weighted by Crippen LogP contribution is 2.43. The molecule has 1 fully saturated rings. The Bertz CT molecular complexity index is 1030. The van der Waals surface area contributed by atoms with E-state index in [0.717, 1.165) is 41.8 Å². The topological polar surface area (TPSA) is 49.8 Å². The standard InChI is InChI=1S/C29H39NO3/c1-18-11-13-21(14-12-18)25-20(3)24-17-30(22-9-7-8-10-22)16-15-23(24)19(2)26(25)27(28(31)32)33-29(4,5)6/h11-14,22,27H,7-10,15-17H2,1-6H3,(H,31,32)/t27-/m0/s1. The lowest BCUT2D eigenvalue weighted by Gasteiger charge is -2.38. The minimum atomic E-state index is -1.00. The van der Waals surface area contributed by atoms with Crippen molar-refractivity contribution >= 4 is 5.97 Å². The zero-order valence-corrected chi connectivity index (χ0v) is 21.1. The Labute approximate surface area is 199 Å². The van der Waals surface area contributed by atoms with Crippen LogP contribution in [0.25, 0.3) is 11.1 Å². The van der Waals surface area contributed by atoms with Gasteiger partial charge in [-0.05, 0) is 94.2 Å². The number of hydrogen-bond acceptors (Lipinski definition) is 3. The molecule has 1 aliphatic heterocycles. The third kappa shape index (κ3) is 4.88. The Kier molecular flexibility index (Phi) is 6.70. The number of carboxylic acids is 1. The molecule has 2 aromatic carbocycles. The van der Waals surface area contributed by atoms with Gasteiger partial charge in [0.05, 0.1) is 5.60 Å². The van der Waals surface area contributed by atoms with Gasteiger partial charge in [-0.15, -0.1) is 0 Å². The molecule has 0 saturated heterocycles. The second-order valence-electron chi connectivity index (χ2n) is 11.0. The van der Waals surface area contributed by atoms with E-state index in [1.807, 2.05) is 20.8 Å². The van der Waals surface area contributed by atoms with Gasteiger partial charge in [-0.2, -0.15) is 0 Å². The molecule has 178 valence electrons. The first-order valence-electron chi connectivity index (χ1n) is 12.4. The quantitative estimate of drug-likeness (QED) is 0.564. The van der Waals surface area contributed by atoms with Crippen LogP contribution in [0.1, 0.15) is 85.9 Å². The highest BCUT2D eigenvalue weighted by Gasteiger charge is 2.35. The van der Waals surface area contributed by atoms with E-state index in [9.17, 15) is 9.90 Å². The molecule has 1 atom stereocenters. The maximum absolute atomic E-state index is 12.5. The van der Waals surface area contributed by atoms with Gasteiger partial charge in [0, 0.05) is 24.7 Å². The summed E-state index contributed by atoms with van der Waals surface area (Å²) in [6.45, 7) is 14.2. The van der Waals surface area contributed by atoms with Gasteiger partial charge in [0.1, 0.15) is 0 Å². The normalized spacial score (nSPS) is 18.4. The van der Waals surface area contributed by atoms with Crippen LogP contribution in [0.2, 0.25) is 0 Å². The number of fused-ring (bicyclic) bond motifs is 1. The number of carbonyl (C=O) groups is 1. The molecule has 2 aromatic rings. The summed E-state index contributed by atoms with van der Waals surface area (Å²) in [5.41, 5.74) is 8.59. The smallest absolute Gasteiger partial charge is 0.337 e. The number of hydrogen-bond donors (Lipinski definition) is 1. The van der Waals surface area contributed by atoms with E-state index in [1.54, 1.807) is 0 Å². The molecular formula is C29H39NO3. The van der Waals surface area contributed by atoms with Crippen LogP contribution in [0.15, 0.2) is 24.3 Å². The highest BCUT2D eigenvalue weighted by molar-refractivity contribution is 5.84. The van der Waals surface area contributed by atoms with E-state index in [2.05, 4.69) is 49.9 Å². The molecule has 0 aromatic heterocycles. The number of rotatable bonds is 5. The lowest BCUT2D eigenvalue weighted by molar-refractivity contribution is -0.160. The van der Waals surface area contributed by atoms with Crippen LogP contribution in [-0.4, -0.2) is 34.2 Å². The Morgan fingerprint density at radius 1 is 1.03 bits per heavy atom. The van der Waals surface area contributed by atoms with Crippen LogP contribution < -0.4 is 0 Å². The molecule has 0 unspecified atom stereocenters. The van der Waals surface area contributed by atoms with Gasteiger partial charge in [0.25, 0.3) is 0 Å². The first kappa shape index (κ1) is 24.0. The molecule has 1 heterocycles. The fourth-order valence-electron chi connectivity index (χ4n) is 5.83. The number of benzene rings is 2. The van der Waals surface area contributed by atoms with E-state index in [4.69, 9.17) is 4.74 Å². The van der Waals surface area contributed by atoms with Crippen molar-refractivity contribution < 1.29 is 14.6 Å². The van der Waals surface area contributed by atoms with Crippen molar-refractivity contribution in [1.29, 1.82) is 0 Å². The Balaban J connectivity index is 1.91. The van der Waals surface area contributed by atoms with Crippen molar-refractivity contribution in [2.75, 3.05) is 6.54 Å². The molecule has 0 spiro atoms. The minimum Gasteiger partial charge on any atom is -0.479 e. The van der Waals surface area contributed by atoms with Crippen molar-refractivity contribution in [3.05, 3.63) is 57.6 Å². The van der Waals surface area contributed by atoms with Gasteiger partial charge < -0.3 is 9.84 Å². The van der Waals surface area contributed by atoms with E-state index >= 15 is 0 Å². The number of nitrogens with zero attached hydrogens (tertiary/aromatic N) is 1. The first-order valence-corrected chi connectivity index (χ1v) is 12.4. The van der Waals surface area contributed by atoms with E-state index in [-0.39, 0.29) is 0 Å². The molecule has 4 nitrogen and oxygen atoms in total. The fraction of sp³-hybridized carbons (Fsp3) is 0.552. The van der Waals surface area contributed by atoms with E-state index < -0.39 is 17.7 Å². The van der Waals surface area contributed by atoms with E-state index in [1.165, 1.54) is 47.9 Å². The van der Waals surface area contributed by atoms with E-state index in [0.29, 0.717) is 6.04 Å². The largest absolute Gasteiger partial charge is 0.479 e. The zero-order valence-electron chi connectivity index (χ0n) is 21.1. The second-order valence-corrected chi connectivity index (χ2v) is 11.0. The van der Waals surface area contributed by atoms with Crippen molar-refractivity contribution in [1.82, 2.24) is 4.90 Å². The average Bonchev–Trinajstić information content (AvgIpc) is 3.29. The average molecular weight is 450 g/mol. The Morgan fingerprint density at radius 2 is 1.67 bits per heavy atom. The fourth-order valence-corrected chi connectivity index (χ4v) is 5.83.